The maximum Gasteiger partial charge on any atom is 0.319 e. The highest BCUT2D eigenvalue weighted by molar-refractivity contribution is 6.30. The van der Waals surface area contributed by atoms with E-state index < -0.39 is 6.03 Å². The highest BCUT2D eigenvalue weighted by Gasteiger charge is 2.19. The number of hydrogen-bond acceptors (Lipinski definition) is 2. The molecule has 0 aliphatic rings. The number of amides is 3. The molecule has 1 unspecified atom stereocenters. The first-order valence-corrected chi connectivity index (χ1v) is 8.78. The number of carbonyl (C=O) groups excluding carboxylic acids is 2. The second kappa shape index (κ2) is 8.23. The van der Waals surface area contributed by atoms with Crippen molar-refractivity contribution < 1.29 is 9.59 Å². The van der Waals surface area contributed by atoms with Gasteiger partial charge in [0.2, 0.25) is 0 Å². The lowest BCUT2D eigenvalue weighted by Gasteiger charge is -2.22. The van der Waals surface area contributed by atoms with Crippen LogP contribution in [0.1, 0.15) is 49.7 Å². The summed E-state index contributed by atoms with van der Waals surface area (Å²) in [5, 5.41) is 9.10. The third-order valence-electron chi connectivity index (χ3n) is 3.60. The minimum Gasteiger partial charge on any atom is -0.347 e. The standard InChI is InChI=1S/C20H24ClN3O2/c1-13(14-8-7-9-15(21)12-14)22-19(26)23-17-11-6-5-10-16(17)18(25)24-20(2,3)4/h5-13H,1-4H3,(H,24,25)(H2,22,23,26). The number of benzene rings is 2. The van der Waals surface area contributed by atoms with Crippen LogP contribution in [0, 0.1) is 0 Å². The molecular formula is C20H24ClN3O2. The molecule has 0 aliphatic carbocycles. The van der Waals surface area contributed by atoms with Crippen LogP contribution in [-0.2, 0) is 0 Å². The van der Waals surface area contributed by atoms with Gasteiger partial charge in [0.1, 0.15) is 0 Å². The fourth-order valence-electron chi connectivity index (χ4n) is 2.41. The maximum atomic E-state index is 12.4. The Kier molecular flexibility index (Phi) is 6.27. The molecule has 0 radical (unpaired) electrons. The SMILES string of the molecule is CC(NC(=O)Nc1ccccc1C(=O)NC(C)(C)C)c1cccc(Cl)c1. The Morgan fingerprint density at radius 2 is 1.73 bits per heavy atom. The number of urea groups is 1. The highest BCUT2D eigenvalue weighted by Crippen LogP contribution is 2.19. The van der Waals surface area contributed by atoms with Crippen LogP contribution < -0.4 is 16.0 Å². The number of anilines is 1. The molecule has 0 saturated heterocycles. The molecule has 0 bridgehead atoms. The molecule has 0 spiro atoms. The summed E-state index contributed by atoms with van der Waals surface area (Å²) < 4.78 is 0. The predicted molar refractivity (Wildman–Crippen MR) is 106 cm³/mol. The number of carbonyl (C=O) groups is 2. The zero-order valence-electron chi connectivity index (χ0n) is 15.4. The first-order chi connectivity index (χ1) is 12.2. The van der Waals surface area contributed by atoms with Gasteiger partial charge in [-0.2, -0.15) is 0 Å². The summed E-state index contributed by atoms with van der Waals surface area (Å²) in [6.45, 7) is 7.57. The molecule has 0 aromatic heterocycles. The minimum atomic E-state index is -0.395. The largest absolute Gasteiger partial charge is 0.347 e. The lowest BCUT2D eigenvalue weighted by atomic mass is 10.1. The van der Waals surface area contributed by atoms with Crippen LogP contribution in [0.3, 0.4) is 0 Å². The van der Waals surface area contributed by atoms with Gasteiger partial charge in [0, 0.05) is 10.6 Å². The monoisotopic (exact) mass is 373 g/mol. The third-order valence-corrected chi connectivity index (χ3v) is 3.84. The molecule has 2 aromatic rings. The number of hydrogen-bond donors (Lipinski definition) is 3. The van der Waals surface area contributed by atoms with Gasteiger partial charge in [0.25, 0.3) is 5.91 Å². The topological polar surface area (TPSA) is 70.2 Å². The molecular weight excluding hydrogens is 350 g/mol. The van der Waals surface area contributed by atoms with Crippen LogP contribution in [0.4, 0.5) is 10.5 Å². The molecule has 2 aromatic carbocycles. The van der Waals surface area contributed by atoms with Gasteiger partial charge in [0.15, 0.2) is 0 Å². The van der Waals surface area contributed by atoms with Crippen molar-refractivity contribution in [3.05, 3.63) is 64.7 Å². The van der Waals surface area contributed by atoms with Crippen LogP contribution in [0.5, 0.6) is 0 Å². The van der Waals surface area contributed by atoms with Crippen LogP contribution in [0.15, 0.2) is 48.5 Å². The van der Waals surface area contributed by atoms with Crippen molar-refractivity contribution >= 4 is 29.2 Å². The van der Waals surface area contributed by atoms with Crippen molar-refractivity contribution in [1.29, 1.82) is 0 Å². The van der Waals surface area contributed by atoms with E-state index in [1.165, 1.54) is 0 Å². The number of rotatable bonds is 4. The molecule has 0 fully saturated rings. The number of nitrogens with one attached hydrogen (secondary N) is 3. The van der Waals surface area contributed by atoms with Crippen molar-refractivity contribution in [2.45, 2.75) is 39.3 Å². The molecule has 3 N–H and O–H groups in total. The predicted octanol–water partition coefficient (Wildman–Crippen LogP) is 4.75. The van der Waals surface area contributed by atoms with Gasteiger partial charge in [0.05, 0.1) is 17.3 Å². The molecule has 1 atom stereocenters. The van der Waals surface area contributed by atoms with Crippen molar-refractivity contribution in [3.8, 4) is 0 Å². The van der Waals surface area contributed by atoms with E-state index >= 15 is 0 Å². The van der Waals surface area contributed by atoms with Crippen LogP contribution in [-0.4, -0.2) is 17.5 Å². The van der Waals surface area contributed by atoms with Gasteiger partial charge < -0.3 is 16.0 Å². The fourth-order valence-corrected chi connectivity index (χ4v) is 2.61. The smallest absolute Gasteiger partial charge is 0.319 e. The molecule has 6 heteroatoms. The van der Waals surface area contributed by atoms with E-state index in [1.54, 1.807) is 36.4 Å². The summed E-state index contributed by atoms with van der Waals surface area (Å²) in [7, 11) is 0. The summed E-state index contributed by atoms with van der Waals surface area (Å²) in [6, 6.07) is 13.6. The second-order valence-electron chi connectivity index (χ2n) is 7.12. The maximum absolute atomic E-state index is 12.4. The van der Waals surface area contributed by atoms with E-state index in [0.717, 1.165) is 5.56 Å². The van der Waals surface area contributed by atoms with E-state index in [-0.39, 0.29) is 17.5 Å². The van der Waals surface area contributed by atoms with E-state index in [2.05, 4.69) is 16.0 Å². The van der Waals surface area contributed by atoms with Gasteiger partial charge in [-0.3, -0.25) is 4.79 Å². The van der Waals surface area contributed by atoms with E-state index in [4.69, 9.17) is 11.6 Å². The molecule has 26 heavy (non-hydrogen) atoms. The van der Waals surface area contributed by atoms with Crippen molar-refractivity contribution in [3.63, 3.8) is 0 Å². The molecule has 3 amide bonds. The molecule has 0 heterocycles. The van der Waals surface area contributed by atoms with Crippen molar-refractivity contribution in [2.75, 3.05) is 5.32 Å². The van der Waals surface area contributed by atoms with Gasteiger partial charge in [-0.25, -0.2) is 4.79 Å². The average Bonchev–Trinajstić information content (AvgIpc) is 2.53. The Morgan fingerprint density at radius 3 is 2.38 bits per heavy atom. The summed E-state index contributed by atoms with van der Waals surface area (Å²) in [4.78, 5) is 24.8. The number of para-hydroxylation sites is 1. The first-order valence-electron chi connectivity index (χ1n) is 8.40. The first kappa shape index (κ1) is 19.8. The highest BCUT2D eigenvalue weighted by atomic mass is 35.5. The molecule has 0 aliphatic heterocycles. The zero-order valence-corrected chi connectivity index (χ0v) is 16.1. The number of halogens is 1. The van der Waals surface area contributed by atoms with E-state index in [9.17, 15) is 9.59 Å². The van der Waals surface area contributed by atoms with Gasteiger partial charge in [-0.05, 0) is 57.5 Å². The second-order valence-corrected chi connectivity index (χ2v) is 7.56. The van der Waals surface area contributed by atoms with Gasteiger partial charge in [-0.1, -0.05) is 35.9 Å². The fraction of sp³-hybridized carbons (Fsp3) is 0.300. The lowest BCUT2D eigenvalue weighted by molar-refractivity contribution is 0.0920. The Bertz CT molecular complexity index is 800. The summed E-state index contributed by atoms with van der Waals surface area (Å²) in [6.07, 6.45) is 0. The van der Waals surface area contributed by atoms with Gasteiger partial charge >= 0.3 is 6.03 Å². The summed E-state index contributed by atoms with van der Waals surface area (Å²) >= 11 is 5.99. The Morgan fingerprint density at radius 1 is 1.04 bits per heavy atom. The molecule has 138 valence electrons. The average molecular weight is 374 g/mol. The van der Waals surface area contributed by atoms with E-state index in [0.29, 0.717) is 16.3 Å². The third kappa shape index (κ3) is 5.77. The van der Waals surface area contributed by atoms with E-state index in [1.807, 2.05) is 39.8 Å². The van der Waals surface area contributed by atoms with Crippen LogP contribution >= 0.6 is 11.6 Å². The van der Waals surface area contributed by atoms with Crippen molar-refractivity contribution in [2.24, 2.45) is 0 Å². The van der Waals surface area contributed by atoms with Crippen LogP contribution in [0.25, 0.3) is 0 Å². The zero-order chi connectivity index (χ0) is 19.3. The molecule has 2 rings (SSSR count). The Labute approximate surface area is 159 Å². The normalized spacial score (nSPS) is 12.2. The molecule has 0 saturated carbocycles. The summed E-state index contributed by atoms with van der Waals surface area (Å²) in [5.74, 6) is -0.240. The Hall–Kier alpha value is -2.53. The van der Waals surface area contributed by atoms with Gasteiger partial charge in [-0.15, -0.1) is 0 Å². The molecule has 5 nitrogen and oxygen atoms in total. The quantitative estimate of drug-likeness (QED) is 0.723. The summed E-state index contributed by atoms with van der Waals surface area (Å²) in [5.41, 5.74) is 1.39. The van der Waals surface area contributed by atoms with Crippen molar-refractivity contribution in [1.82, 2.24) is 10.6 Å². The lowest BCUT2D eigenvalue weighted by Crippen LogP contribution is -2.41. The minimum absolute atomic E-state index is 0.232. The Balaban J connectivity index is 2.08. The van der Waals surface area contributed by atoms with Crippen LogP contribution in [0.2, 0.25) is 5.02 Å².